The number of thioether (sulfide) groups is 1. The van der Waals surface area contributed by atoms with E-state index < -0.39 is 12.0 Å². The molecular formula is C21H29N3O3S. The van der Waals surface area contributed by atoms with Crippen molar-refractivity contribution >= 4 is 35.2 Å². The first-order valence-electron chi connectivity index (χ1n) is 10.0. The fraction of sp³-hybridized carbons (Fsp3) is 0.571. The molecule has 1 heterocycles. The Labute approximate surface area is 170 Å². The standard InChI is InChI=1S/C21H29N3O3S/c1-28-12-11-18(21(27)22-16-7-5-6-8-16)23-20(26)15-13-19(25)24(14-15)17-9-3-2-4-10-17/h2-4,9-10,15-16,18H,5-8,11-14H2,1H3,(H,22,27)(H,23,26)/t15?,18-/m1/s1. The summed E-state index contributed by atoms with van der Waals surface area (Å²) >= 11 is 1.65. The summed E-state index contributed by atoms with van der Waals surface area (Å²) < 4.78 is 0. The number of hydrogen-bond donors (Lipinski definition) is 2. The molecule has 1 aliphatic carbocycles. The highest BCUT2D eigenvalue weighted by Crippen LogP contribution is 2.25. The number of carbonyl (C=O) groups excluding carboxylic acids is 3. The third-order valence-corrected chi connectivity index (χ3v) is 6.15. The minimum absolute atomic E-state index is 0.0533. The average Bonchev–Trinajstić information content (AvgIpc) is 3.35. The lowest BCUT2D eigenvalue weighted by molar-refractivity contribution is -0.131. The highest BCUT2D eigenvalue weighted by Gasteiger charge is 2.36. The van der Waals surface area contributed by atoms with E-state index in [1.54, 1.807) is 16.7 Å². The Kier molecular flexibility index (Phi) is 7.36. The van der Waals surface area contributed by atoms with Crippen LogP contribution in [-0.2, 0) is 14.4 Å². The number of hydrogen-bond acceptors (Lipinski definition) is 4. The maximum absolute atomic E-state index is 12.8. The second-order valence-electron chi connectivity index (χ2n) is 7.57. The van der Waals surface area contributed by atoms with Crippen LogP contribution in [0.1, 0.15) is 38.5 Å². The topological polar surface area (TPSA) is 78.5 Å². The van der Waals surface area contributed by atoms with Gasteiger partial charge in [-0.15, -0.1) is 0 Å². The number of carbonyl (C=O) groups is 3. The summed E-state index contributed by atoms with van der Waals surface area (Å²) in [6, 6.07) is 9.07. The monoisotopic (exact) mass is 403 g/mol. The van der Waals surface area contributed by atoms with E-state index in [4.69, 9.17) is 0 Å². The molecule has 1 unspecified atom stereocenters. The highest BCUT2D eigenvalue weighted by molar-refractivity contribution is 7.98. The maximum atomic E-state index is 12.8. The van der Waals surface area contributed by atoms with Gasteiger partial charge >= 0.3 is 0 Å². The predicted molar refractivity (Wildman–Crippen MR) is 112 cm³/mol. The van der Waals surface area contributed by atoms with Crippen molar-refractivity contribution in [1.82, 2.24) is 10.6 Å². The second-order valence-corrected chi connectivity index (χ2v) is 8.56. The molecule has 2 atom stereocenters. The quantitative estimate of drug-likeness (QED) is 0.698. The Morgan fingerprint density at radius 1 is 1.21 bits per heavy atom. The normalized spacial score (nSPS) is 21.0. The molecule has 3 amide bonds. The van der Waals surface area contributed by atoms with Gasteiger partial charge in [0.25, 0.3) is 0 Å². The number of anilines is 1. The summed E-state index contributed by atoms with van der Waals surface area (Å²) in [4.78, 5) is 39.5. The van der Waals surface area contributed by atoms with Crippen molar-refractivity contribution in [3.63, 3.8) is 0 Å². The molecule has 2 N–H and O–H groups in total. The van der Waals surface area contributed by atoms with Gasteiger partial charge in [-0.25, -0.2) is 0 Å². The van der Waals surface area contributed by atoms with Crippen LogP contribution in [0, 0.1) is 5.92 Å². The third-order valence-electron chi connectivity index (χ3n) is 5.51. The van der Waals surface area contributed by atoms with Crippen LogP contribution in [0.25, 0.3) is 0 Å². The number of nitrogens with zero attached hydrogens (tertiary/aromatic N) is 1. The van der Waals surface area contributed by atoms with Crippen LogP contribution < -0.4 is 15.5 Å². The van der Waals surface area contributed by atoms with Crippen LogP contribution in [0.2, 0.25) is 0 Å². The molecule has 28 heavy (non-hydrogen) atoms. The number of rotatable bonds is 8. The minimum atomic E-state index is -0.540. The van der Waals surface area contributed by atoms with E-state index >= 15 is 0 Å². The summed E-state index contributed by atoms with van der Waals surface area (Å²) in [7, 11) is 0. The smallest absolute Gasteiger partial charge is 0.242 e. The SMILES string of the molecule is CSCC[C@@H](NC(=O)C1CC(=O)N(c2ccccc2)C1)C(=O)NC1CCCC1. The maximum Gasteiger partial charge on any atom is 0.242 e. The largest absolute Gasteiger partial charge is 0.352 e. The lowest BCUT2D eigenvalue weighted by Crippen LogP contribution is -2.51. The molecule has 0 bridgehead atoms. The van der Waals surface area contributed by atoms with Crippen LogP contribution in [0.15, 0.2) is 30.3 Å². The van der Waals surface area contributed by atoms with Gasteiger partial charge < -0.3 is 15.5 Å². The zero-order valence-electron chi connectivity index (χ0n) is 16.4. The lowest BCUT2D eigenvalue weighted by Gasteiger charge is -2.22. The molecule has 0 spiro atoms. The van der Waals surface area contributed by atoms with Crippen LogP contribution in [-0.4, -0.2) is 48.4 Å². The van der Waals surface area contributed by atoms with Crippen molar-refractivity contribution in [1.29, 1.82) is 0 Å². The molecule has 0 radical (unpaired) electrons. The molecule has 2 fully saturated rings. The van der Waals surface area contributed by atoms with Crippen LogP contribution in [0.3, 0.4) is 0 Å². The number of amides is 3. The molecule has 1 aromatic rings. The van der Waals surface area contributed by atoms with Crippen molar-refractivity contribution in [2.45, 2.75) is 50.6 Å². The first kappa shape index (κ1) is 20.7. The van der Waals surface area contributed by atoms with E-state index in [0.29, 0.717) is 13.0 Å². The molecule has 152 valence electrons. The summed E-state index contributed by atoms with van der Waals surface area (Å²) in [5, 5.41) is 6.00. The molecule has 1 aliphatic heterocycles. The zero-order chi connectivity index (χ0) is 19.9. The second kappa shape index (κ2) is 9.96. The van der Waals surface area contributed by atoms with Crippen molar-refractivity contribution in [2.75, 3.05) is 23.5 Å². The van der Waals surface area contributed by atoms with Crippen molar-refractivity contribution in [3.8, 4) is 0 Å². The third kappa shape index (κ3) is 5.28. The Hall–Kier alpha value is -2.02. The fourth-order valence-electron chi connectivity index (χ4n) is 3.91. The molecule has 2 aliphatic rings. The van der Waals surface area contributed by atoms with Gasteiger partial charge in [0.15, 0.2) is 0 Å². The van der Waals surface area contributed by atoms with Crippen LogP contribution in [0.5, 0.6) is 0 Å². The Bertz CT molecular complexity index is 691. The van der Waals surface area contributed by atoms with E-state index in [-0.39, 0.29) is 30.2 Å². The van der Waals surface area contributed by atoms with E-state index in [1.165, 1.54) is 0 Å². The number of para-hydroxylation sites is 1. The molecule has 0 aromatic heterocycles. The molecular weight excluding hydrogens is 374 g/mol. The van der Waals surface area contributed by atoms with Gasteiger partial charge in [0.1, 0.15) is 6.04 Å². The van der Waals surface area contributed by atoms with Gasteiger partial charge in [0.2, 0.25) is 17.7 Å². The first-order valence-corrected chi connectivity index (χ1v) is 11.4. The number of nitrogens with one attached hydrogen (secondary N) is 2. The van der Waals surface area contributed by atoms with Crippen molar-refractivity contribution in [3.05, 3.63) is 30.3 Å². The Balaban J connectivity index is 1.59. The molecule has 1 saturated carbocycles. The predicted octanol–water partition coefficient (Wildman–Crippen LogP) is 2.34. The van der Waals surface area contributed by atoms with E-state index in [0.717, 1.165) is 37.1 Å². The molecule has 7 heteroatoms. The highest BCUT2D eigenvalue weighted by atomic mass is 32.2. The summed E-state index contributed by atoms with van der Waals surface area (Å²) in [6.45, 7) is 0.355. The fourth-order valence-corrected chi connectivity index (χ4v) is 4.38. The van der Waals surface area contributed by atoms with Gasteiger partial charge in [-0.05, 0) is 43.4 Å². The summed E-state index contributed by atoms with van der Waals surface area (Å²) in [5.41, 5.74) is 0.806. The van der Waals surface area contributed by atoms with Crippen molar-refractivity contribution < 1.29 is 14.4 Å². The van der Waals surface area contributed by atoms with E-state index in [1.807, 2.05) is 36.6 Å². The summed E-state index contributed by atoms with van der Waals surface area (Å²) in [5.74, 6) is 0.00662. The molecule has 3 rings (SSSR count). The lowest BCUT2D eigenvalue weighted by atomic mass is 10.1. The molecule has 1 aromatic carbocycles. The molecule has 6 nitrogen and oxygen atoms in total. The first-order chi connectivity index (χ1) is 13.6. The minimum Gasteiger partial charge on any atom is -0.352 e. The summed E-state index contributed by atoms with van der Waals surface area (Å²) in [6.07, 6.45) is 7.07. The Morgan fingerprint density at radius 3 is 2.61 bits per heavy atom. The molecule has 1 saturated heterocycles. The van der Waals surface area contributed by atoms with E-state index in [9.17, 15) is 14.4 Å². The van der Waals surface area contributed by atoms with E-state index in [2.05, 4.69) is 10.6 Å². The number of benzene rings is 1. The van der Waals surface area contributed by atoms with Gasteiger partial charge in [-0.2, -0.15) is 11.8 Å². The average molecular weight is 404 g/mol. The zero-order valence-corrected chi connectivity index (χ0v) is 17.2. The van der Waals surface area contributed by atoms with Crippen LogP contribution in [0.4, 0.5) is 5.69 Å². The van der Waals surface area contributed by atoms with Gasteiger partial charge in [-0.3, -0.25) is 14.4 Å². The van der Waals surface area contributed by atoms with Gasteiger partial charge in [0.05, 0.1) is 5.92 Å². The van der Waals surface area contributed by atoms with Gasteiger partial charge in [0, 0.05) is 24.7 Å². The van der Waals surface area contributed by atoms with Crippen LogP contribution >= 0.6 is 11.8 Å². The van der Waals surface area contributed by atoms with Gasteiger partial charge in [-0.1, -0.05) is 31.0 Å². The van der Waals surface area contributed by atoms with Crippen molar-refractivity contribution in [2.24, 2.45) is 5.92 Å². The Morgan fingerprint density at radius 2 is 1.93 bits per heavy atom.